The highest BCUT2D eigenvalue weighted by molar-refractivity contribution is 5.79. The number of nitrogens with one attached hydrogen (secondary N) is 1. The molecule has 4 N–H and O–H groups in total. The Bertz CT molecular complexity index is 902. The van der Waals surface area contributed by atoms with Gasteiger partial charge in [0.2, 0.25) is 5.91 Å². The topological polar surface area (TPSA) is 114 Å². The van der Waals surface area contributed by atoms with Crippen molar-refractivity contribution >= 4 is 22.8 Å². The predicted octanol–water partition coefficient (Wildman–Crippen LogP) is -0.0944. The van der Waals surface area contributed by atoms with Crippen LogP contribution in [0.2, 0.25) is 0 Å². The largest absolute Gasteiger partial charge is 0.484 e. The number of aromatic nitrogens is 2. The van der Waals surface area contributed by atoms with Crippen LogP contribution in [0, 0.1) is 0 Å². The van der Waals surface area contributed by atoms with Crippen LogP contribution in [0.5, 0.6) is 5.75 Å². The molecule has 0 bridgehead atoms. The van der Waals surface area contributed by atoms with E-state index in [2.05, 4.69) is 16.8 Å². The standard InChI is InChI=1S/C21H31N5O4/c1-3-25-18-5-4-17(12-19(18)26(10-11-27)21(25)13-22)30-14-20(29)23-16-6-8-24(9-7-16)15(2)28/h4-5,12,16,27H,3,6-11,13-14,22H2,1-2H3/p+1. The van der Waals surface area contributed by atoms with Crippen molar-refractivity contribution in [3.63, 3.8) is 0 Å². The molecule has 0 spiro atoms. The lowest BCUT2D eigenvalue weighted by molar-refractivity contribution is -0.676. The number of rotatable bonds is 8. The minimum atomic E-state index is -0.173. The Morgan fingerprint density at radius 2 is 2.07 bits per heavy atom. The fourth-order valence-corrected chi connectivity index (χ4v) is 4.14. The maximum Gasteiger partial charge on any atom is 0.271 e. The minimum Gasteiger partial charge on any atom is -0.484 e. The van der Waals surface area contributed by atoms with Gasteiger partial charge in [-0.3, -0.25) is 9.59 Å². The summed E-state index contributed by atoms with van der Waals surface area (Å²) in [6.45, 7) is 6.47. The Kier molecular flexibility index (Phi) is 7.28. The number of nitrogens with two attached hydrogens (primary N) is 1. The van der Waals surface area contributed by atoms with Gasteiger partial charge in [-0.1, -0.05) is 0 Å². The lowest BCUT2D eigenvalue weighted by Gasteiger charge is -2.31. The third-order valence-electron chi connectivity index (χ3n) is 5.65. The molecule has 1 aromatic heterocycles. The van der Waals surface area contributed by atoms with Crippen molar-refractivity contribution in [1.82, 2.24) is 14.8 Å². The van der Waals surface area contributed by atoms with E-state index >= 15 is 0 Å². The first kappa shape index (κ1) is 22.0. The molecule has 2 heterocycles. The summed E-state index contributed by atoms with van der Waals surface area (Å²) in [5.74, 6) is 1.43. The maximum atomic E-state index is 12.3. The van der Waals surface area contributed by atoms with Crippen molar-refractivity contribution in [3.8, 4) is 5.75 Å². The number of piperidine rings is 1. The number of aryl methyl sites for hydroxylation is 1. The van der Waals surface area contributed by atoms with Crippen molar-refractivity contribution < 1.29 is 24.0 Å². The fraction of sp³-hybridized carbons (Fsp3) is 0.571. The summed E-state index contributed by atoms with van der Waals surface area (Å²) in [7, 11) is 0. The first-order valence-electron chi connectivity index (χ1n) is 10.5. The second kappa shape index (κ2) is 9.90. The zero-order valence-electron chi connectivity index (χ0n) is 17.8. The van der Waals surface area contributed by atoms with Crippen LogP contribution in [-0.4, -0.2) is 58.7 Å². The van der Waals surface area contributed by atoms with Crippen molar-refractivity contribution in [3.05, 3.63) is 24.0 Å². The number of likely N-dealkylation sites (tertiary alicyclic amines) is 1. The Labute approximate surface area is 176 Å². The highest BCUT2D eigenvalue weighted by atomic mass is 16.5. The van der Waals surface area contributed by atoms with Gasteiger partial charge in [0.15, 0.2) is 17.6 Å². The monoisotopic (exact) mass is 418 g/mol. The van der Waals surface area contributed by atoms with E-state index in [0.717, 1.165) is 36.2 Å². The van der Waals surface area contributed by atoms with E-state index < -0.39 is 0 Å². The number of fused-ring (bicyclic) bond motifs is 1. The van der Waals surface area contributed by atoms with Gasteiger partial charge in [0.1, 0.15) is 12.3 Å². The summed E-state index contributed by atoms with van der Waals surface area (Å²) in [6, 6.07) is 5.75. The summed E-state index contributed by atoms with van der Waals surface area (Å²) in [5.41, 5.74) is 7.87. The lowest BCUT2D eigenvalue weighted by Crippen LogP contribution is -2.47. The third-order valence-corrected chi connectivity index (χ3v) is 5.65. The lowest BCUT2D eigenvalue weighted by atomic mass is 10.1. The highest BCUT2D eigenvalue weighted by Gasteiger charge is 2.24. The van der Waals surface area contributed by atoms with Crippen LogP contribution in [0.25, 0.3) is 11.0 Å². The molecule has 0 atom stereocenters. The number of hydrogen-bond acceptors (Lipinski definition) is 5. The number of aliphatic hydroxyl groups excluding tert-OH is 1. The van der Waals surface area contributed by atoms with Gasteiger partial charge in [-0.25, -0.2) is 9.13 Å². The zero-order chi connectivity index (χ0) is 21.7. The van der Waals surface area contributed by atoms with Crippen molar-refractivity contribution in [2.75, 3.05) is 26.3 Å². The molecule has 1 aromatic carbocycles. The zero-order valence-corrected chi connectivity index (χ0v) is 17.8. The number of benzene rings is 1. The number of nitrogens with zero attached hydrogens (tertiary/aromatic N) is 3. The molecular weight excluding hydrogens is 386 g/mol. The van der Waals surface area contributed by atoms with Crippen LogP contribution in [0.3, 0.4) is 0 Å². The van der Waals surface area contributed by atoms with Crippen LogP contribution < -0.4 is 20.4 Å². The molecule has 1 aliphatic rings. The summed E-state index contributed by atoms with van der Waals surface area (Å²) in [6.07, 6.45) is 1.51. The second-order valence-corrected chi connectivity index (χ2v) is 7.53. The van der Waals surface area contributed by atoms with Crippen molar-refractivity contribution in [2.45, 2.75) is 52.4 Å². The SMILES string of the molecule is CC[n+]1c(CN)n(CCO)c2cc(OCC(=O)NC3CCN(C(C)=O)CC3)ccc21. The Balaban J connectivity index is 1.64. The molecule has 9 heteroatoms. The summed E-state index contributed by atoms with van der Waals surface area (Å²) in [5, 5.41) is 12.4. The quantitative estimate of drug-likeness (QED) is 0.519. The van der Waals surface area contributed by atoms with Crippen LogP contribution in [0.1, 0.15) is 32.5 Å². The van der Waals surface area contributed by atoms with Gasteiger partial charge in [-0.15, -0.1) is 0 Å². The Morgan fingerprint density at radius 1 is 1.33 bits per heavy atom. The molecule has 30 heavy (non-hydrogen) atoms. The van der Waals surface area contributed by atoms with Crippen molar-refractivity contribution in [2.24, 2.45) is 5.73 Å². The molecule has 164 valence electrons. The molecule has 0 unspecified atom stereocenters. The Morgan fingerprint density at radius 3 is 2.67 bits per heavy atom. The summed E-state index contributed by atoms with van der Waals surface area (Å²) >= 11 is 0. The average Bonchev–Trinajstić information content (AvgIpc) is 3.05. The van der Waals surface area contributed by atoms with Gasteiger partial charge in [0.25, 0.3) is 11.7 Å². The van der Waals surface area contributed by atoms with E-state index in [4.69, 9.17) is 10.5 Å². The van der Waals surface area contributed by atoms with Gasteiger partial charge >= 0.3 is 0 Å². The van der Waals surface area contributed by atoms with Crippen LogP contribution in [0.4, 0.5) is 0 Å². The van der Waals surface area contributed by atoms with Gasteiger partial charge in [0.05, 0.1) is 19.7 Å². The molecule has 9 nitrogen and oxygen atoms in total. The number of carbonyl (C=O) groups excluding carboxylic acids is 2. The van der Waals surface area contributed by atoms with Crippen LogP contribution in [0.15, 0.2) is 18.2 Å². The summed E-state index contributed by atoms with van der Waals surface area (Å²) in [4.78, 5) is 25.5. The highest BCUT2D eigenvalue weighted by Crippen LogP contribution is 2.21. The second-order valence-electron chi connectivity index (χ2n) is 7.53. The number of imidazole rings is 1. The first-order valence-corrected chi connectivity index (χ1v) is 10.5. The number of ether oxygens (including phenoxy) is 1. The molecule has 2 aromatic rings. The van der Waals surface area contributed by atoms with E-state index in [1.165, 1.54) is 0 Å². The van der Waals surface area contributed by atoms with E-state index in [1.54, 1.807) is 11.8 Å². The normalized spacial score (nSPS) is 14.9. The minimum absolute atomic E-state index is 0.0103. The fourth-order valence-electron chi connectivity index (χ4n) is 4.14. The molecule has 2 amide bonds. The molecule has 0 aliphatic carbocycles. The molecule has 0 saturated carbocycles. The molecule has 1 saturated heterocycles. The number of hydrogen-bond donors (Lipinski definition) is 3. The third kappa shape index (κ3) is 4.73. The predicted molar refractivity (Wildman–Crippen MR) is 112 cm³/mol. The smallest absolute Gasteiger partial charge is 0.271 e. The Hall–Kier alpha value is -2.65. The van der Waals surface area contributed by atoms with E-state index in [-0.39, 0.29) is 31.1 Å². The molecular formula is C21H32N5O4+. The average molecular weight is 419 g/mol. The van der Waals surface area contributed by atoms with Crippen LogP contribution >= 0.6 is 0 Å². The van der Waals surface area contributed by atoms with E-state index in [0.29, 0.717) is 31.9 Å². The molecule has 0 radical (unpaired) electrons. The molecule has 1 aliphatic heterocycles. The molecule has 1 fully saturated rings. The van der Waals surface area contributed by atoms with Crippen molar-refractivity contribution in [1.29, 1.82) is 0 Å². The van der Waals surface area contributed by atoms with Gasteiger partial charge in [-0.2, -0.15) is 0 Å². The van der Waals surface area contributed by atoms with Gasteiger partial charge in [0, 0.05) is 32.1 Å². The van der Waals surface area contributed by atoms with Crippen LogP contribution in [-0.2, 0) is 29.2 Å². The van der Waals surface area contributed by atoms with E-state index in [9.17, 15) is 14.7 Å². The van der Waals surface area contributed by atoms with Gasteiger partial charge < -0.3 is 25.8 Å². The van der Waals surface area contributed by atoms with Gasteiger partial charge in [-0.05, 0) is 31.9 Å². The summed E-state index contributed by atoms with van der Waals surface area (Å²) < 4.78 is 9.85. The number of aliphatic hydroxyl groups is 1. The maximum absolute atomic E-state index is 12.3. The number of carbonyl (C=O) groups is 2. The first-order chi connectivity index (χ1) is 14.5. The van der Waals surface area contributed by atoms with E-state index in [1.807, 2.05) is 22.8 Å². The molecule has 3 rings (SSSR count). The number of amides is 2.